The van der Waals surface area contributed by atoms with E-state index in [2.05, 4.69) is 38.3 Å². The van der Waals surface area contributed by atoms with E-state index in [9.17, 15) is 13.8 Å². The molecule has 11 heteroatoms. The summed E-state index contributed by atoms with van der Waals surface area (Å²) in [4.78, 5) is 29.7. The number of aryl methyl sites for hydroxylation is 3. The molecular formula is C39H49ClN4O5S. The van der Waals surface area contributed by atoms with E-state index < -0.39 is 21.7 Å². The summed E-state index contributed by atoms with van der Waals surface area (Å²) in [7, 11) is 0.0908. The van der Waals surface area contributed by atoms with Crippen LogP contribution < -0.4 is 14.4 Å². The maximum absolute atomic E-state index is 14.5. The third-order valence-corrected chi connectivity index (χ3v) is 12.6. The van der Waals surface area contributed by atoms with Gasteiger partial charge in [0.25, 0.3) is 11.8 Å². The van der Waals surface area contributed by atoms with Crippen molar-refractivity contribution >= 4 is 39.0 Å². The number of nitrogens with zero attached hydrogens (tertiary/aromatic N) is 3. The second kappa shape index (κ2) is 15.7. The summed E-state index contributed by atoms with van der Waals surface area (Å²) >= 11 is 6.49. The maximum Gasteiger partial charge on any atom is 0.286 e. The molecule has 0 saturated heterocycles. The van der Waals surface area contributed by atoms with E-state index >= 15 is 0 Å². The van der Waals surface area contributed by atoms with Gasteiger partial charge in [0.15, 0.2) is 0 Å². The van der Waals surface area contributed by atoms with Crippen LogP contribution in [0.15, 0.2) is 65.2 Å². The van der Waals surface area contributed by atoms with Gasteiger partial charge < -0.3 is 18.9 Å². The van der Waals surface area contributed by atoms with Gasteiger partial charge in [-0.1, -0.05) is 36.7 Å². The van der Waals surface area contributed by atoms with Crippen LogP contribution >= 0.6 is 11.6 Å². The standard InChI is InChI=1S/C39H49ClN4O5S/c1-26-9-8-11-36(48-4)34-16-13-31(34)24-44-23-30-12-15-33(40)20-28(30)10-6-5-7-18-49-37-17-14-29(21-35(37)44)38(45)41-50(47,25-26)42-39(46)32-19-27(2)43(3)22-32/h8,11-12,14-15,17,19-22,26,31,34,36H,5-7,9-10,13,16,18,23-25H2,1-4H3,(H,41,42,45,46,47)/b11-8+/t26-,31-,34+,36-,50?/m0/s1. The topological polar surface area (TPSA) is 102 Å². The van der Waals surface area contributed by atoms with Gasteiger partial charge in [0, 0.05) is 49.7 Å². The van der Waals surface area contributed by atoms with Gasteiger partial charge in [-0.3, -0.25) is 14.3 Å². The van der Waals surface area contributed by atoms with Crippen LogP contribution in [0.5, 0.6) is 5.75 Å². The molecule has 5 atom stereocenters. The number of carbonyl (C=O) groups excluding carboxylic acids is 2. The first-order chi connectivity index (χ1) is 24.0. The van der Waals surface area contributed by atoms with E-state index in [1.54, 1.807) is 25.4 Å². The zero-order valence-electron chi connectivity index (χ0n) is 29.5. The van der Waals surface area contributed by atoms with Gasteiger partial charge in [-0.2, -0.15) is 0 Å². The van der Waals surface area contributed by atoms with E-state index in [1.165, 1.54) is 11.1 Å². The molecule has 1 saturated carbocycles. The van der Waals surface area contributed by atoms with E-state index in [-0.39, 0.29) is 23.3 Å². The number of ether oxygens (including phenoxy) is 2. The molecule has 268 valence electrons. The predicted molar refractivity (Wildman–Crippen MR) is 199 cm³/mol. The van der Waals surface area contributed by atoms with Crippen molar-refractivity contribution < 1.29 is 23.3 Å². The lowest BCUT2D eigenvalue weighted by Crippen LogP contribution is -2.43. The monoisotopic (exact) mass is 720 g/mol. The number of carbonyl (C=O) groups is 2. The highest BCUT2D eigenvalue weighted by Gasteiger charge is 2.38. The summed E-state index contributed by atoms with van der Waals surface area (Å²) in [5, 5.41) is 0.725. The van der Waals surface area contributed by atoms with Crippen LogP contribution in [-0.2, 0) is 34.7 Å². The number of anilines is 1. The Morgan fingerprint density at radius 2 is 1.94 bits per heavy atom. The molecule has 3 aromatic rings. The molecule has 3 heterocycles. The Morgan fingerprint density at radius 3 is 2.68 bits per heavy atom. The molecule has 2 aliphatic heterocycles. The van der Waals surface area contributed by atoms with Gasteiger partial charge in [0.2, 0.25) is 0 Å². The van der Waals surface area contributed by atoms with Crippen LogP contribution in [0, 0.1) is 24.7 Å². The third-order valence-electron chi connectivity index (χ3n) is 10.4. The number of amides is 2. The van der Waals surface area contributed by atoms with E-state index in [1.807, 2.05) is 43.7 Å². The molecule has 1 unspecified atom stereocenters. The molecule has 3 aliphatic rings. The van der Waals surface area contributed by atoms with Crippen molar-refractivity contribution in [3.8, 4) is 5.75 Å². The molecule has 50 heavy (non-hydrogen) atoms. The summed E-state index contributed by atoms with van der Waals surface area (Å²) in [6.45, 7) is 5.75. The largest absolute Gasteiger partial charge is 0.491 e. The van der Waals surface area contributed by atoms with E-state index in [0.29, 0.717) is 42.7 Å². The van der Waals surface area contributed by atoms with Crippen molar-refractivity contribution in [3.05, 3.63) is 93.8 Å². The van der Waals surface area contributed by atoms with Gasteiger partial charge >= 0.3 is 0 Å². The number of methoxy groups -OCH3 is 1. The minimum absolute atomic E-state index is 0.0177. The first-order valence-corrected chi connectivity index (χ1v) is 19.8. The molecule has 0 spiro atoms. The van der Waals surface area contributed by atoms with Crippen molar-refractivity contribution in [2.75, 3.05) is 30.9 Å². The van der Waals surface area contributed by atoms with Crippen LogP contribution in [0.1, 0.15) is 83.0 Å². The fraction of sp³-hybridized carbons (Fsp3) is 0.487. The first kappa shape index (κ1) is 36.2. The Bertz CT molecular complexity index is 1860. The summed E-state index contributed by atoms with van der Waals surface area (Å²) in [6, 6.07) is 13.2. The highest BCUT2D eigenvalue weighted by molar-refractivity contribution is 7.92. The van der Waals surface area contributed by atoms with Gasteiger partial charge in [-0.15, -0.1) is 4.36 Å². The van der Waals surface area contributed by atoms with Crippen LogP contribution in [0.2, 0.25) is 5.02 Å². The van der Waals surface area contributed by atoms with Gasteiger partial charge in [-0.05, 0) is 117 Å². The lowest BCUT2D eigenvalue weighted by molar-refractivity contribution is 0.0133. The molecular weight excluding hydrogens is 672 g/mol. The fourth-order valence-electron chi connectivity index (χ4n) is 7.35. The number of allylic oxidation sites excluding steroid dienone is 1. The molecule has 1 N–H and O–H groups in total. The normalized spacial score (nSPS) is 26.8. The number of fused-ring (bicyclic) bond motifs is 3. The lowest BCUT2D eigenvalue weighted by Gasteiger charge is -2.43. The van der Waals surface area contributed by atoms with Crippen LogP contribution in [-0.4, -0.2) is 52.7 Å². The number of rotatable bonds is 3. The second-order valence-corrected chi connectivity index (χ2v) is 16.7. The van der Waals surface area contributed by atoms with Crippen molar-refractivity contribution in [2.24, 2.45) is 29.2 Å². The Labute approximate surface area is 301 Å². The average Bonchev–Trinajstić information content (AvgIpc) is 3.40. The maximum atomic E-state index is 14.5. The number of benzene rings is 2. The molecule has 1 aliphatic carbocycles. The van der Waals surface area contributed by atoms with Gasteiger partial charge in [-0.25, -0.2) is 4.21 Å². The Morgan fingerprint density at radius 1 is 1.10 bits per heavy atom. The van der Waals surface area contributed by atoms with Gasteiger partial charge in [0.05, 0.1) is 29.7 Å². The van der Waals surface area contributed by atoms with Crippen LogP contribution in [0.25, 0.3) is 0 Å². The molecule has 2 bridgehead atoms. The number of aromatic nitrogens is 1. The third kappa shape index (κ3) is 8.46. The summed E-state index contributed by atoms with van der Waals surface area (Å²) < 4.78 is 35.8. The minimum atomic E-state index is -3.51. The summed E-state index contributed by atoms with van der Waals surface area (Å²) in [6.07, 6.45) is 12.4. The lowest BCUT2D eigenvalue weighted by atomic mass is 9.70. The van der Waals surface area contributed by atoms with Crippen molar-refractivity contribution in [1.82, 2.24) is 9.29 Å². The zero-order chi connectivity index (χ0) is 35.4. The Hall–Kier alpha value is -3.60. The quantitative estimate of drug-likeness (QED) is 0.279. The Balaban J connectivity index is 1.45. The second-order valence-electron chi connectivity index (χ2n) is 14.2. The molecule has 1 fully saturated rings. The molecule has 1 aromatic heterocycles. The molecule has 6 rings (SSSR count). The SMILES string of the molecule is CO[C@H]1/C=C/C[C@H](C)CS(=O)(NC(=O)c2cc(C)n(C)c2)=NC(=O)c2ccc3c(c2)N(Cc2ccc(Cl)cc2CCCCCO3)C[C@@H]2CC[C@H]21. The van der Waals surface area contributed by atoms with Crippen molar-refractivity contribution in [1.29, 1.82) is 0 Å². The number of halogens is 1. The molecule has 2 aromatic carbocycles. The minimum Gasteiger partial charge on any atom is -0.491 e. The predicted octanol–water partition coefficient (Wildman–Crippen LogP) is 7.69. The van der Waals surface area contributed by atoms with E-state index in [0.717, 1.165) is 61.5 Å². The van der Waals surface area contributed by atoms with Gasteiger partial charge in [0.1, 0.15) is 15.7 Å². The molecule has 0 radical (unpaired) electrons. The number of nitrogens with one attached hydrogen (secondary N) is 1. The number of hydrogen-bond acceptors (Lipinski definition) is 6. The van der Waals surface area contributed by atoms with Crippen molar-refractivity contribution in [2.45, 2.75) is 71.4 Å². The number of hydrogen-bond donors (Lipinski definition) is 1. The zero-order valence-corrected chi connectivity index (χ0v) is 31.1. The van der Waals surface area contributed by atoms with Crippen LogP contribution in [0.3, 0.4) is 0 Å². The molecule has 2 amide bonds. The first-order valence-electron chi connectivity index (χ1n) is 17.7. The highest BCUT2D eigenvalue weighted by atomic mass is 35.5. The summed E-state index contributed by atoms with van der Waals surface area (Å²) in [5.74, 6) is 0.0995. The highest BCUT2D eigenvalue weighted by Crippen LogP contribution is 2.42. The van der Waals surface area contributed by atoms with E-state index in [4.69, 9.17) is 21.1 Å². The molecule has 9 nitrogen and oxygen atoms in total. The van der Waals surface area contributed by atoms with Crippen LogP contribution in [0.4, 0.5) is 5.69 Å². The smallest absolute Gasteiger partial charge is 0.286 e. The fourth-order valence-corrected chi connectivity index (χ4v) is 9.44. The summed E-state index contributed by atoms with van der Waals surface area (Å²) in [5.41, 5.74) is 4.74. The van der Waals surface area contributed by atoms with Crippen molar-refractivity contribution in [3.63, 3.8) is 0 Å². The Kier molecular flexibility index (Phi) is 11.4. The average molecular weight is 721 g/mol.